The summed E-state index contributed by atoms with van der Waals surface area (Å²) in [5.74, 6) is 0. The summed E-state index contributed by atoms with van der Waals surface area (Å²) in [5, 5.41) is 11.0. The van der Waals surface area contributed by atoms with E-state index in [9.17, 15) is 5.11 Å². The summed E-state index contributed by atoms with van der Waals surface area (Å²) in [6.07, 6.45) is 2.47. The Morgan fingerprint density at radius 1 is 1.36 bits per heavy atom. The Balaban J connectivity index is 2.99. The first-order valence-corrected chi connectivity index (χ1v) is 5.48. The van der Waals surface area contributed by atoms with Gasteiger partial charge in [0.25, 0.3) is 0 Å². The minimum Gasteiger partial charge on any atom is -0.385 e. The molecule has 1 aromatic carbocycles. The molecule has 0 aliphatic carbocycles. The van der Waals surface area contributed by atoms with Crippen LogP contribution in [-0.2, 0) is 5.60 Å². The molecule has 0 saturated heterocycles. The van der Waals surface area contributed by atoms with E-state index < -0.39 is 5.60 Å². The normalized spacial score (nSPS) is 15.1. The molecule has 0 aromatic heterocycles. The molecule has 14 heavy (non-hydrogen) atoms. The molecule has 0 aliphatic rings. The third-order valence-electron chi connectivity index (χ3n) is 2.61. The van der Waals surface area contributed by atoms with Crippen LogP contribution in [0.25, 0.3) is 0 Å². The van der Waals surface area contributed by atoms with Gasteiger partial charge in [-0.25, -0.2) is 0 Å². The lowest BCUT2D eigenvalue weighted by Gasteiger charge is -2.27. The smallest absolute Gasteiger partial charge is 0.0894 e. The minimum atomic E-state index is -0.709. The molecule has 0 heterocycles. The maximum Gasteiger partial charge on any atom is 0.0894 e. The van der Waals surface area contributed by atoms with E-state index in [2.05, 4.69) is 6.92 Å². The van der Waals surface area contributed by atoms with Crippen LogP contribution in [0.4, 0.5) is 0 Å². The van der Waals surface area contributed by atoms with Gasteiger partial charge < -0.3 is 5.11 Å². The Labute approximate surface area is 90.7 Å². The first-order chi connectivity index (χ1) is 6.62. The third-order valence-corrected chi connectivity index (χ3v) is 2.85. The Bertz CT molecular complexity index is 298. The van der Waals surface area contributed by atoms with Gasteiger partial charge in [0.1, 0.15) is 0 Å². The van der Waals surface area contributed by atoms with Crippen LogP contribution < -0.4 is 0 Å². The molecule has 0 saturated carbocycles. The van der Waals surface area contributed by atoms with Crippen LogP contribution in [0, 0.1) is 0 Å². The van der Waals surface area contributed by atoms with Crippen LogP contribution >= 0.6 is 11.6 Å². The van der Waals surface area contributed by atoms with E-state index in [0.29, 0.717) is 5.02 Å². The summed E-state index contributed by atoms with van der Waals surface area (Å²) in [7, 11) is 0. The lowest BCUT2D eigenvalue weighted by atomic mass is 9.87. The molecule has 78 valence electrons. The van der Waals surface area contributed by atoms with Crippen molar-refractivity contribution >= 4 is 11.6 Å². The second kappa shape index (κ2) is 4.81. The first kappa shape index (κ1) is 11.5. The molecule has 0 bridgehead atoms. The van der Waals surface area contributed by atoms with Crippen LogP contribution in [0.15, 0.2) is 24.3 Å². The molecule has 0 aliphatic heterocycles. The van der Waals surface area contributed by atoms with Crippen molar-refractivity contribution in [3.05, 3.63) is 34.9 Å². The molecule has 0 fully saturated rings. The Kier molecular flexibility index (Phi) is 3.97. The summed E-state index contributed by atoms with van der Waals surface area (Å²) >= 11 is 5.90. The van der Waals surface area contributed by atoms with Crippen molar-refractivity contribution in [2.24, 2.45) is 0 Å². The molecule has 1 atom stereocenters. The quantitative estimate of drug-likeness (QED) is 0.806. The summed E-state index contributed by atoms with van der Waals surface area (Å²) in [5.41, 5.74) is 0.217. The Morgan fingerprint density at radius 3 is 2.57 bits per heavy atom. The zero-order chi connectivity index (χ0) is 10.6. The maximum atomic E-state index is 10.4. The molecule has 2 heteroatoms. The SMILES string of the molecule is CCCC(O)(CC)c1cccc(Cl)c1. The zero-order valence-corrected chi connectivity index (χ0v) is 9.51. The van der Waals surface area contributed by atoms with Gasteiger partial charge in [-0.1, -0.05) is 44.0 Å². The van der Waals surface area contributed by atoms with Gasteiger partial charge in [-0.3, -0.25) is 0 Å². The van der Waals surface area contributed by atoms with Gasteiger partial charge in [0.05, 0.1) is 5.60 Å². The van der Waals surface area contributed by atoms with E-state index in [1.807, 2.05) is 31.2 Å². The van der Waals surface area contributed by atoms with E-state index in [-0.39, 0.29) is 0 Å². The van der Waals surface area contributed by atoms with Gasteiger partial charge in [0, 0.05) is 5.02 Å². The van der Waals surface area contributed by atoms with Gasteiger partial charge in [-0.05, 0) is 30.5 Å². The summed E-state index contributed by atoms with van der Waals surface area (Å²) in [6, 6.07) is 7.49. The van der Waals surface area contributed by atoms with Gasteiger partial charge in [-0.15, -0.1) is 0 Å². The number of hydrogen-bond acceptors (Lipinski definition) is 1. The van der Waals surface area contributed by atoms with E-state index in [4.69, 9.17) is 11.6 Å². The zero-order valence-electron chi connectivity index (χ0n) is 8.76. The molecule has 1 N–H and O–H groups in total. The fourth-order valence-corrected chi connectivity index (χ4v) is 1.91. The number of aliphatic hydroxyl groups is 1. The lowest BCUT2D eigenvalue weighted by molar-refractivity contribution is 0.0226. The van der Waals surface area contributed by atoms with E-state index in [0.717, 1.165) is 24.8 Å². The molecular weight excluding hydrogens is 196 g/mol. The van der Waals surface area contributed by atoms with Crippen molar-refractivity contribution in [2.45, 2.75) is 38.7 Å². The molecule has 0 spiro atoms. The summed E-state index contributed by atoms with van der Waals surface area (Å²) in [6.45, 7) is 4.07. The molecular formula is C12H17ClO. The molecule has 1 unspecified atom stereocenters. The van der Waals surface area contributed by atoms with Crippen LogP contribution in [-0.4, -0.2) is 5.11 Å². The van der Waals surface area contributed by atoms with E-state index >= 15 is 0 Å². The Hall–Kier alpha value is -0.530. The average molecular weight is 213 g/mol. The van der Waals surface area contributed by atoms with Crippen molar-refractivity contribution in [3.63, 3.8) is 0 Å². The van der Waals surface area contributed by atoms with Gasteiger partial charge in [0.15, 0.2) is 0 Å². The number of benzene rings is 1. The Morgan fingerprint density at radius 2 is 2.07 bits per heavy atom. The highest BCUT2D eigenvalue weighted by Crippen LogP contribution is 2.31. The average Bonchev–Trinajstić information content (AvgIpc) is 2.18. The van der Waals surface area contributed by atoms with Crippen LogP contribution in [0.3, 0.4) is 0 Å². The first-order valence-electron chi connectivity index (χ1n) is 5.11. The lowest BCUT2D eigenvalue weighted by Crippen LogP contribution is -2.24. The van der Waals surface area contributed by atoms with E-state index in [1.54, 1.807) is 0 Å². The third kappa shape index (κ3) is 2.49. The van der Waals surface area contributed by atoms with Gasteiger partial charge in [-0.2, -0.15) is 0 Å². The van der Waals surface area contributed by atoms with Gasteiger partial charge in [0.2, 0.25) is 0 Å². The maximum absolute atomic E-state index is 10.4. The predicted molar refractivity (Wildman–Crippen MR) is 60.5 cm³/mol. The second-order valence-electron chi connectivity index (χ2n) is 3.65. The summed E-state index contributed by atoms with van der Waals surface area (Å²) in [4.78, 5) is 0. The summed E-state index contributed by atoms with van der Waals surface area (Å²) < 4.78 is 0. The van der Waals surface area contributed by atoms with Crippen molar-refractivity contribution in [1.82, 2.24) is 0 Å². The molecule has 1 aromatic rings. The van der Waals surface area contributed by atoms with E-state index in [1.165, 1.54) is 0 Å². The number of rotatable bonds is 4. The van der Waals surface area contributed by atoms with Crippen molar-refractivity contribution in [2.75, 3.05) is 0 Å². The molecule has 0 radical (unpaired) electrons. The second-order valence-corrected chi connectivity index (χ2v) is 4.08. The van der Waals surface area contributed by atoms with Crippen molar-refractivity contribution in [3.8, 4) is 0 Å². The fourth-order valence-electron chi connectivity index (χ4n) is 1.72. The van der Waals surface area contributed by atoms with Crippen molar-refractivity contribution < 1.29 is 5.11 Å². The van der Waals surface area contributed by atoms with Gasteiger partial charge >= 0.3 is 0 Å². The van der Waals surface area contributed by atoms with Crippen LogP contribution in [0.1, 0.15) is 38.7 Å². The fraction of sp³-hybridized carbons (Fsp3) is 0.500. The number of hydrogen-bond donors (Lipinski definition) is 1. The largest absolute Gasteiger partial charge is 0.385 e. The van der Waals surface area contributed by atoms with Crippen molar-refractivity contribution in [1.29, 1.82) is 0 Å². The highest BCUT2D eigenvalue weighted by Gasteiger charge is 2.25. The molecule has 1 nitrogen and oxygen atoms in total. The highest BCUT2D eigenvalue weighted by atomic mass is 35.5. The highest BCUT2D eigenvalue weighted by molar-refractivity contribution is 6.30. The molecule has 0 amide bonds. The topological polar surface area (TPSA) is 20.2 Å². The standard InChI is InChI=1S/C12H17ClO/c1-3-8-12(14,4-2)10-6-5-7-11(13)9-10/h5-7,9,14H,3-4,8H2,1-2H3. The minimum absolute atomic E-state index is 0.686. The molecule has 1 rings (SSSR count). The number of halogens is 1. The predicted octanol–water partition coefficient (Wildman–Crippen LogP) is 3.74. The van der Waals surface area contributed by atoms with Crippen LogP contribution in [0.5, 0.6) is 0 Å². The van der Waals surface area contributed by atoms with Crippen LogP contribution in [0.2, 0.25) is 5.02 Å². The monoisotopic (exact) mass is 212 g/mol.